The highest BCUT2D eigenvalue weighted by molar-refractivity contribution is 7.86. The van der Waals surface area contributed by atoms with Gasteiger partial charge in [0, 0.05) is 0 Å². The Bertz CT molecular complexity index is 399. The first kappa shape index (κ1) is 11.1. The Balaban J connectivity index is 2.80. The molecule has 0 radical (unpaired) electrons. The topological polar surface area (TPSA) is 54.4 Å². The quantitative estimate of drug-likeness (QED) is 0.781. The minimum atomic E-state index is -4.73. The number of hydrogen-bond acceptors (Lipinski definition) is 3. The maximum Gasteiger partial charge on any atom is 0.305 e. The molecule has 14 heavy (non-hydrogen) atoms. The maximum atomic E-state index is 12.4. The number of benzene rings is 1. The van der Waals surface area contributed by atoms with Crippen LogP contribution in [0.3, 0.4) is 0 Å². The fourth-order valence-electron chi connectivity index (χ4n) is 0.970. The Morgan fingerprint density at radius 2 is 1.79 bits per heavy atom. The van der Waals surface area contributed by atoms with Crippen molar-refractivity contribution in [2.24, 2.45) is 0 Å². The van der Waals surface area contributed by atoms with Crippen molar-refractivity contribution in [1.82, 2.24) is 0 Å². The van der Waals surface area contributed by atoms with Crippen LogP contribution in [0.2, 0.25) is 0 Å². The van der Waals surface area contributed by atoms with Crippen molar-refractivity contribution in [2.75, 3.05) is 5.75 Å². The third kappa shape index (κ3) is 3.39. The van der Waals surface area contributed by atoms with E-state index in [2.05, 4.69) is 0 Å². The van der Waals surface area contributed by atoms with Gasteiger partial charge in [-0.25, -0.2) is 4.39 Å². The van der Waals surface area contributed by atoms with E-state index in [0.29, 0.717) is 0 Å². The van der Waals surface area contributed by atoms with Crippen LogP contribution in [-0.4, -0.2) is 19.3 Å². The van der Waals surface area contributed by atoms with Crippen molar-refractivity contribution in [1.29, 1.82) is 0 Å². The van der Waals surface area contributed by atoms with E-state index >= 15 is 0 Å². The Hall–Kier alpha value is -1.01. The van der Waals surface area contributed by atoms with Gasteiger partial charge in [0.15, 0.2) is 0 Å². The van der Waals surface area contributed by atoms with E-state index in [4.69, 9.17) is 0 Å². The first-order chi connectivity index (χ1) is 6.38. The van der Waals surface area contributed by atoms with Gasteiger partial charge in [0.1, 0.15) is 11.6 Å². The lowest BCUT2D eigenvalue weighted by atomic mass is 10.1. The molecule has 0 saturated carbocycles. The van der Waals surface area contributed by atoms with Crippen LogP contribution in [0.5, 0.6) is 0 Å². The molecule has 0 amide bonds. The van der Waals surface area contributed by atoms with Crippen molar-refractivity contribution in [2.45, 2.75) is 6.10 Å². The predicted molar refractivity (Wildman–Crippen MR) is 46.3 cm³/mol. The van der Waals surface area contributed by atoms with Gasteiger partial charge >= 0.3 is 10.2 Å². The monoisotopic (exact) mass is 222 g/mol. The molecule has 0 aliphatic rings. The lowest BCUT2D eigenvalue weighted by Crippen LogP contribution is -2.10. The SMILES string of the molecule is O=S(=O)(F)CC(O)c1ccc(F)cc1. The summed E-state index contributed by atoms with van der Waals surface area (Å²) in [5.41, 5.74) is 0.160. The number of aliphatic hydroxyl groups excluding tert-OH is 1. The van der Waals surface area contributed by atoms with Crippen LogP contribution in [-0.2, 0) is 10.2 Å². The highest BCUT2D eigenvalue weighted by Crippen LogP contribution is 2.15. The van der Waals surface area contributed by atoms with Crippen molar-refractivity contribution in [3.05, 3.63) is 35.6 Å². The van der Waals surface area contributed by atoms with Gasteiger partial charge in [-0.1, -0.05) is 12.1 Å². The molecule has 1 rings (SSSR count). The third-order valence-corrected chi connectivity index (χ3v) is 2.33. The van der Waals surface area contributed by atoms with Crippen LogP contribution in [0, 0.1) is 5.82 Å². The lowest BCUT2D eigenvalue weighted by Gasteiger charge is -2.07. The van der Waals surface area contributed by atoms with E-state index in [0.717, 1.165) is 12.1 Å². The van der Waals surface area contributed by atoms with Gasteiger partial charge in [-0.3, -0.25) is 0 Å². The van der Waals surface area contributed by atoms with Crippen LogP contribution in [0.4, 0.5) is 8.28 Å². The number of halogens is 2. The molecule has 0 fully saturated rings. The number of hydrogen-bond donors (Lipinski definition) is 1. The van der Waals surface area contributed by atoms with Crippen LogP contribution in [0.25, 0.3) is 0 Å². The normalized spacial score (nSPS) is 13.9. The molecule has 0 spiro atoms. The molecule has 0 aromatic heterocycles. The van der Waals surface area contributed by atoms with E-state index in [1.807, 2.05) is 0 Å². The predicted octanol–water partition coefficient (Wildman–Crippen LogP) is 1.16. The first-order valence-corrected chi connectivity index (χ1v) is 5.29. The Morgan fingerprint density at radius 3 is 2.21 bits per heavy atom. The zero-order valence-electron chi connectivity index (χ0n) is 7.02. The van der Waals surface area contributed by atoms with Crippen molar-refractivity contribution < 1.29 is 21.8 Å². The minimum absolute atomic E-state index is 0.160. The van der Waals surface area contributed by atoms with E-state index in [9.17, 15) is 21.8 Å². The summed E-state index contributed by atoms with van der Waals surface area (Å²) in [6.07, 6.45) is -1.47. The van der Waals surface area contributed by atoms with Gasteiger partial charge in [-0.05, 0) is 17.7 Å². The van der Waals surface area contributed by atoms with E-state index in [1.165, 1.54) is 12.1 Å². The molecule has 0 saturated heterocycles. The van der Waals surface area contributed by atoms with Crippen molar-refractivity contribution in [3.63, 3.8) is 0 Å². The highest BCUT2D eigenvalue weighted by atomic mass is 32.3. The molecule has 0 heterocycles. The van der Waals surface area contributed by atoms with Crippen molar-refractivity contribution in [3.8, 4) is 0 Å². The standard InChI is InChI=1S/C8H8F2O3S/c9-7-3-1-6(2-4-7)8(11)5-14(10,12)13/h1-4,8,11H,5H2. The largest absolute Gasteiger partial charge is 0.387 e. The summed E-state index contributed by atoms with van der Waals surface area (Å²) < 4.78 is 44.9. The molecular weight excluding hydrogens is 214 g/mol. The summed E-state index contributed by atoms with van der Waals surface area (Å²) >= 11 is 0. The molecule has 1 atom stereocenters. The molecule has 1 N–H and O–H groups in total. The molecular formula is C8H8F2O3S. The average molecular weight is 222 g/mol. The molecule has 0 aliphatic heterocycles. The maximum absolute atomic E-state index is 12.4. The van der Waals surface area contributed by atoms with Crippen LogP contribution < -0.4 is 0 Å². The number of aliphatic hydroxyl groups is 1. The number of rotatable bonds is 3. The Morgan fingerprint density at radius 1 is 1.29 bits per heavy atom. The molecule has 0 bridgehead atoms. The van der Waals surface area contributed by atoms with Gasteiger partial charge in [-0.2, -0.15) is 8.42 Å². The Labute approximate surface area is 80.2 Å². The van der Waals surface area contributed by atoms with Gasteiger partial charge in [0.25, 0.3) is 0 Å². The van der Waals surface area contributed by atoms with Gasteiger partial charge in [0.2, 0.25) is 0 Å². The van der Waals surface area contributed by atoms with E-state index < -0.39 is 27.9 Å². The summed E-state index contributed by atoms with van der Waals surface area (Å²) in [6.45, 7) is 0. The molecule has 1 aromatic carbocycles. The van der Waals surface area contributed by atoms with Crippen LogP contribution >= 0.6 is 0 Å². The zero-order valence-corrected chi connectivity index (χ0v) is 7.84. The minimum Gasteiger partial charge on any atom is -0.387 e. The summed E-state index contributed by atoms with van der Waals surface area (Å²) in [7, 11) is -4.73. The van der Waals surface area contributed by atoms with Gasteiger partial charge in [-0.15, -0.1) is 3.89 Å². The average Bonchev–Trinajstić information content (AvgIpc) is 2.02. The lowest BCUT2D eigenvalue weighted by molar-refractivity contribution is 0.200. The second kappa shape index (κ2) is 4.02. The Kier molecular flexibility index (Phi) is 3.17. The van der Waals surface area contributed by atoms with Gasteiger partial charge in [0.05, 0.1) is 6.10 Å². The molecule has 78 valence electrons. The zero-order chi connectivity index (χ0) is 10.8. The smallest absolute Gasteiger partial charge is 0.305 e. The second-order valence-corrected chi connectivity index (χ2v) is 4.18. The van der Waals surface area contributed by atoms with Crippen LogP contribution in [0.1, 0.15) is 11.7 Å². The summed E-state index contributed by atoms with van der Waals surface area (Å²) in [5.74, 6) is -1.53. The molecule has 6 heteroatoms. The van der Waals surface area contributed by atoms with Crippen LogP contribution in [0.15, 0.2) is 24.3 Å². The first-order valence-electron chi connectivity index (χ1n) is 3.74. The fourth-order valence-corrected chi connectivity index (χ4v) is 1.54. The third-order valence-electron chi connectivity index (χ3n) is 1.61. The molecule has 1 unspecified atom stereocenters. The van der Waals surface area contributed by atoms with Gasteiger partial charge < -0.3 is 5.11 Å². The second-order valence-electron chi connectivity index (χ2n) is 2.77. The molecule has 0 aliphatic carbocycles. The summed E-state index contributed by atoms with van der Waals surface area (Å²) in [6, 6.07) is 4.52. The van der Waals surface area contributed by atoms with E-state index in [1.54, 1.807) is 0 Å². The summed E-state index contributed by atoms with van der Waals surface area (Å²) in [5, 5.41) is 9.21. The van der Waals surface area contributed by atoms with Crippen molar-refractivity contribution >= 4 is 10.2 Å². The molecule has 1 aromatic rings. The fraction of sp³-hybridized carbons (Fsp3) is 0.250. The highest BCUT2D eigenvalue weighted by Gasteiger charge is 2.17. The molecule has 3 nitrogen and oxygen atoms in total. The summed E-state index contributed by atoms with van der Waals surface area (Å²) in [4.78, 5) is 0. The van der Waals surface area contributed by atoms with E-state index in [-0.39, 0.29) is 5.56 Å².